The van der Waals surface area contributed by atoms with Gasteiger partial charge in [0.1, 0.15) is 5.82 Å². The molecule has 0 bridgehead atoms. The zero-order chi connectivity index (χ0) is 11.4. The number of benzene rings is 2. The van der Waals surface area contributed by atoms with E-state index in [1.165, 1.54) is 12.1 Å². The Bertz CT molecular complexity index is 500. The SMILES string of the molecule is Nc1ccccc1C=Cc1ccc(F)cc1. The number of rotatable bonds is 2. The van der Waals surface area contributed by atoms with Crippen LogP contribution < -0.4 is 5.73 Å². The first-order valence-corrected chi connectivity index (χ1v) is 5.04. The molecule has 2 heteroatoms. The summed E-state index contributed by atoms with van der Waals surface area (Å²) in [5.41, 5.74) is 8.45. The first-order valence-electron chi connectivity index (χ1n) is 5.04. The average Bonchev–Trinajstić information content (AvgIpc) is 2.30. The largest absolute Gasteiger partial charge is 0.398 e. The summed E-state index contributed by atoms with van der Waals surface area (Å²) in [5, 5.41) is 0. The number of hydrogen-bond acceptors (Lipinski definition) is 1. The minimum Gasteiger partial charge on any atom is -0.398 e. The molecule has 2 N–H and O–H groups in total. The summed E-state index contributed by atoms with van der Waals surface area (Å²) in [5.74, 6) is -0.226. The molecule has 80 valence electrons. The smallest absolute Gasteiger partial charge is 0.123 e. The molecule has 0 heterocycles. The molecule has 0 fully saturated rings. The Morgan fingerprint density at radius 3 is 2.25 bits per heavy atom. The Morgan fingerprint density at radius 2 is 1.56 bits per heavy atom. The van der Waals surface area contributed by atoms with Gasteiger partial charge in [0.25, 0.3) is 0 Å². The number of nitrogens with two attached hydrogens (primary N) is 1. The maximum absolute atomic E-state index is 12.7. The van der Waals surface area contributed by atoms with Gasteiger partial charge in [-0.15, -0.1) is 0 Å². The van der Waals surface area contributed by atoms with Crippen molar-refractivity contribution in [1.82, 2.24) is 0 Å². The molecule has 0 spiro atoms. The van der Waals surface area contributed by atoms with Crippen LogP contribution in [0, 0.1) is 5.82 Å². The van der Waals surface area contributed by atoms with Crippen LogP contribution in [0.5, 0.6) is 0 Å². The van der Waals surface area contributed by atoms with E-state index < -0.39 is 0 Å². The first-order chi connectivity index (χ1) is 7.75. The van der Waals surface area contributed by atoms with Crippen molar-refractivity contribution >= 4 is 17.8 Å². The van der Waals surface area contributed by atoms with Gasteiger partial charge in [-0.3, -0.25) is 0 Å². The molecule has 2 aromatic carbocycles. The van der Waals surface area contributed by atoms with E-state index in [-0.39, 0.29) is 5.82 Å². The van der Waals surface area contributed by atoms with Crippen LogP contribution in [-0.2, 0) is 0 Å². The third kappa shape index (κ3) is 2.48. The van der Waals surface area contributed by atoms with Gasteiger partial charge in [-0.05, 0) is 29.3 Å². The Morgan fingerprint density at radius 1 is 0.875 bits per heavy atom. The van der Waals surface area contributed by atoms with Crippen LogP contribution in [0.15, 0.2) is 48.5 Å². The van der Waals surface area contributed by atoms with Crippen molar-refractivity contribution in [1.29, 1.82) is 0 Å². The summed E-state index contributed by atoms with van der Waals surface area (Å²) in [4.78, 5) is 0. The van der Waals surface area contributed by atoms with Gasteiger partial charge < -0.3 is 5.73 Å². The average molecular weight is 213 g/mol. The Labute approximate surface area is 94.0 Å². The molecule has 0 aromatic heterocycles. The Balaban J connectivity index is 2.21. The van der Waals surface area contributed by atoms with Gasteiger partial charge in [-0.1, -0.05) is 42.5 Å². The predicted molar refractivity (Wildman–Crippen MR) is 66.2 cm³/mol. The van der Waals surface area contributed by atoms with Crippen LogP contribution in [0.4, 0.5) is 10.1 Å². The summed E-state index contributed by atoms with van der Waals surface area (Å²) >= 11 is 0. The fourth-order valence-electron chi connectivity index (χ4n) is 1.42. The standard InChI is InChI=1S/C14H12FN/c15-13-9-6-11(7-10-13)5-8-12-3-1-2-4-14(12)16/h1-10H,16H2. The van der Waals surface area contributed by atoms with Crippen molar-refractivity contribution in [3.63, 3.8) is 0 Å². The second-order valence-electron chi connectivity index (χ2n) is 3.51. The van der Waals surface area contributed by atoms with Gasteiger partial charge in [-0.25, -0.2) is 4.39 Å². The summed E-state index contributed by atoms with van der Waals surface area (Å²) in [6, 6.07) is 13.9. The van der Waals surface area contributed by atoms with E-state index in [4.69, 9.17) is 5.73 Å². The van der Waals surface area contributed by atoms with Crippen molar-refractivity contribution in [2.24, 2.45) is 0 Å². The van der Waals surface area contributed by atoms with Crippen molar-refractivity contribution in [2.75, 3.05) is 5.73 Å². The third-order valence-electron chi connectivity index (χ3n) is 2.32. The van der Waals surface area contributed by atoms with Crippen LogP contribution in [0.2, 0.25) is 0 Å². The van der Waals surface area contributed by atoms with Gasteiger partial charge in [0.05, 0.1) is 0 Å². The number of halogens is 1. The van der Waals surface area contributed by atoms with Crippen molar-refractivity contribution in [3.8, 4) is 0 Å². The zero-order valence-electron chi connectivity index (χ0n) is 8.73. The van der Waals surface area contributed by atoms with Gasteiger partial charge >= 0.3 is 0 Å². The van der Waals surface area contributed by atoms with Crippen molar-refractivity contribution in [3.05, 3.63) is 65.5 Å². The fourth-order valence-corrected chi connectivity index (χ4v) is 1.42. The molecule has 2 aromatic rings. The maximum Gasteiger partial charge on any atom is 0.123 e. The van der Waals surface area contributed by atoms with E-state index in [0.29, 0.717) is 0 Å². The lowest BCUT2D eigenvalue weighted by Crippen LogP contribution is -1.87. The van der Waals surface area contributed by atoms with E-state index in [9.17, 15) is 4.39 Å². The molecule has 0 aliphatic rings. The van der Waals surface area contributed by atoms with Crippen molar-refractivity contribution in [2.45, 2.75) is 0 Å². The van der Waals surface area contributed by atoms with Crippen LogP contribution in [0.1, 0.15) is 11.1 Å². The summed E-state index contributed by atoms with van der Waals surface area (Å²) < 4.78 is 12.7. The molecule has 0 aliphatic heterocycles. The quantitative estimate of drug-likeness (QED) is 0.599. The first kappa shape index (κ1) is 10.4. The van der Waals surface area contributed by atoms with Crippen LogP contribution >= 0.6 is 0 Å². The second-order valence-corrected chi connectivity index (χ2v) is 3.51. The van der Waals surface area contributed by atoms with Crippen LogP contribution in [-0.4, -0.2) is 0 Å². The molecule has 1 nitrogen and oxygen atoms in total. The van der Waals surface area contributed by atoms with Gasteiger partial charge in [0.15, 0.2) is 0 Å². The predicted octanol–water partition coefficient (Wildman–Crippen LogP) is 3.58. The van der Waals surface area contributed by atoms with E-state index in [2.05, 4.69) is 0 Å². The monoisotopic (exact) mass is 213 g/mol. The molecule has 0 unspecified atom stereocenters. The van der Waals surface area contributed by atoms with E-state index >= 15 is 0 Å². The van der Waals surface area contributed by atoms with Gasteiger partial charge in [0.2, 0.25) is 0 Å². The number of anilines is 1. The molecular formula is C14H12FN. The van der Waals surface area contributed by atoms with E-state index in [0.717, 1.165) is 16.8 Å². The highest BCUT2D eigenvalue weighted by molar-refractivity contribution is 5.75. The van der Waals surface area contributed by atoms with E-state index in [1.807, 2.05) is 36.4 Å². The highest BCUT2D eigenvalue weighted by Crippen LogP contribution is 2.14. The molecule has 0 saturated carbocycles. The molecular weight excluding hydrogens is 201 g/mol. The molecule has 2 rings (SSSR count). The molecule has 0 saturated heterocycles. The Kier molecular flexibility index (Phi) is 3.01. The summed E-state index contributed by atoms with van der Waals surface area (Å²) in [6.45, 7) is 0. The topological polar surface area (TPSA) is 26.0 Å². The normalized spacial score (nSPS) is 10.8. The summed E-state index contributed by atoms with van der Waals surface area (Å²) in [6.07, 6.45) is 3.83. The van der Waals surface area contributed by atoms with E-state index in [1.54, 1.807) is 12.1 Å². The highest BCUT2D eigenvalue weighted by Gasteiger charge is 1.92. The lowest BCUT2D eigenvalue weighted by Gasteiger charge is -1.98. The minimum absolute atomic E-state index is 0.226. The van der Waals surface area contributed by atoms with Crippen LogP contribution in [0.3, 0.4) is 0 Å². The van der Waals surface area contributed by atoms with Gasteiger partial charge in [0, 0.05) is 5.69 Å². The highest BCUT2D eigenvalue weighted by atomic mass is 19.1. The molecule has 0 amide bonds. The lowest BCUT2D eigenvalue weighted by atomic mass is 10.1. The van der Waals surface area contributed by atoms with Crippen molar-refractivity contribution < 1.29 is 4.39 Å². The molecule has 16 heavy (non-hydrogen) atoms. The number of hydrogen-bond donors (Lipinski definition) is 1. The Hall–Kier alpha value is -2.09. The maximum atomic E-state index is 12.7. The minimum atomic E-state index is -0.226. The molecule has 0 atom stereocenters. The summed E-state index contributed by atoms with van der Waals surface area (Å²) in [7, 11) is 0. The zero-order valence-corrected chi connectivity index (χ0v) is 8.73. The molecule has 0 aliphatic carbocycles. The fraction of sp³-hybridized carbons (Fsp3) is 0. The number of nitrogen functional groups attached to an aromatic ring is 1. The van der Waals surface area contributed by atoms with Gasteiger partial charge in [-0.2, -0.15) is 0 Å². The second kappa shape index (κ2) is 4.62. The molecule has 0 radical (unpaired) electrons. The van der Waals surface area contributed by atoms with Crippen LogP contribution in [0.25, 0.3) is 12.2 Å². The lowest BCUT2D eigenvalue weighted by molar-refractivity contribution is 0.628. The third-order valence-corrected chi connectivity index (χ3v) is 2.32. The number of para-hydroxylation sites is 1.